The zero-order valence-electron chi connectivity index (χ0n) is 12.7. The molecule has 0 aromatic heterocycles. The van der Waals surface area contributed by atoms with Crippen LogP contribution in [0.3, 0.4) is 0 Å². The second-order valence-electron chi connectivity index (χ2n) is 5.29. The molecule has 0 unspecified atom stereocenters. The third-order valence-corrected chi connectivity index (χ3v) is 4.10. The van der Waals surface area contributed by atoms with E-state index in [2.05, 4.69) is 0 Å². The minimum absolute atomic E-state index is 0.0869. The van der Waals surface area contributed by atoms with Crippen LogP contribution in [-0.4, -0.2) is 20.0 Å². The lowest BCUT2D eigenvalue weighted by molar-refractivity contribution is -0.115. The molecule has 3 nitrogen and oxygen atoms in total. The number of carbonyl (C=O) groups is 1. The molecule has 0 saturated carbocycles. The molecule has 3 rings (SSSR count). The van der Waals surface area contributed by atoms with Crippen molar-refractivity contribution in [2.24, 2.45) is 0 Å². The zero-order valence-corrected chi connectivity index (χ0v) is 12.7. The number of hydrogen-bond acceptors (Lipinski definition) is 3. The second-order valence-corrected chi connectivity index (χ2v) is 5.29. The van der Waals surface area contributed by atoms with E-state index in [4.69, 9.17) is 9.47 Å². The van der Waals surface area contributed by atoms with Gasteiger partial charge in [-0.2, -0.15) is 0 Å². The molecule has 0 N–H and O–H groups in total. The molecular formula is C19H18O3. The maximum Gasteiger partial charge on any atom is 0.167 e. The molecule has 0 saturated heterocycles. The summed E-state index contributed by atoms with van der Waals surface area (Å²) in [5.74, 6) is 1.27. The molecule has 0 radical (unpaired) electrons. The molecule has 0 aliphatic heterocycles. The summed E-state index contributed by atoms with van der Waals surface area (Å²) in [5, 5.41) is 0. The van der Waals surface area contributed by atoms with Gasteiger partial charge in [-0.15, -0.1) is 0 Å². The number of allylic oxidation sites excluding steroid dienone is 2. The molecule has 2 atom stereocenters. The quantitative estimate of drug-likeness (QED) is 0.863. The molecule has 1 aliphatic carbocycles. The molecule has 112 valence electrons. The number of hydrogen-bond donors (Lipinski definition) is 0. The number of carbonyl (C=O) groups excluding carboxylic acids is 1. The summed E-state index contributed by atoms with van der Waals surface area (Å²) in [7, 11) is 3.25. The monoisotopic (exact) mass is 294 g/mol. The van der Waals surface area contributed by atoms with Crippen molar-refractivity contribution < 1.29 is 14.3 Å². The third kappa shape index (κ3) is 2.50. The van der Waals surface area contributed by atoms with Gasteiger partial charge in [0.1, 0.15) is 11.5 Å². The summed E-state index contributed by atoms with van der Waals surface area (Å²) in [5.41, 5.74) is 2.06. The summed E-state index contributed by atoms with van der Waals surface area (Å²) >= 11 is 0. The molecule has 0 heterocycles. The van der Waals surface area contributed by atoms with Crippen LogP contribution in [0.25, 0.3) is 0 Å². The Balaban J connectivity index is 2.03. The van der Waals surface area contributed by atoms with Crippen LogP contribution < -0.4 is 4.74 Å². The third-order valence-electron chi connectivity index (χ3n) is 4.10. The Morgan fingerprint density at radius 3 is 2.00 bits per heavy atom. The van der Waals surface area contributed by atoms with E-state index >= 15 is 0 Å². The first kappa shape index (κ1) is 14.4. The number of ketones is 1. The van der Waals surface area contributed by atoms with Gasteiger partial charge in [0.25, 0.3) is 0 Å². The molecule has 2 aromatic rings. The Labute approximate surface area is 130 Å². The van der Waals surface area contributed by atoms with Crippen molar-refractivity contribution in [3.8, 4) is 5.75 Å². The molecule has 2 aromatic carbocycles. The van der Waals surface area contributed by atoms with Gasteiger partial charge in [-0.05, 0) is 23.3 Å². The largest absolute Gasteiger partial charge is 0.500 e. The first-order valence-corrected chi connectivity index (χ1v) is 7.23. The van der Waals surface area contributed by atoms with E-state index in [1.807, 2.05) is 54.6 Å². The Hall–Kier alpha value is -2.55. The first-order valence-electron chi connectivity index (χ1n) is 7.23. The second kappa shape index (κ2) is 6.06. The Morgan fingerprint density at radius 1 is 0.773 bits per heavy atom. The maximum atomic E-state index is 12.5. The summed E-state index contributed by atoms with van der Waals surface area (Å²) < 4.78 is 10.7. The molecule has 1 aliphatic rings. The predicted molar refractivity (Wildman–Crippen MR) is 85.0 cm³/mol. The van der Waals surface area contributed by atoms with Crippen LogP contribution in [-0.2, 0) is 9.53 Å². The highest BCUT2D eigenvalue weighted by Crippen LogP contribution is 2.44. The highest BCUT2D eigenvalue weighted by atomic mass is 16.5. The van der Waals surface area contributed by atoms with E-state index < -0.39 is 0 Å². The predicted octanol–water partition coefficient (Wildman–Crippen LogP) is 3.68. The fourth-order valence-electron chi connectivity index (χ4n) is 3.02. The van der Waals surface area contributed by atoms with Gasteiger partial charge in [0.15, 0.2) is 5.78 Å². The Kier molecular flexibility index (Phi) is 3.96. The SMILES string of the molecule is COC1=CC(=O)[C@@H](c2ccccc2)[C@@H]1c1ccc(OC)cc1. The molecule has 0 spiro atoms. The smallest absolute Gasteiger partial charge is 0.167 e. The molecular weight excluding hydrogens is 276 g/mol. The minimum atomic E-state index is -0.232. The average molecular weight is 294 g/mol. The van der Waals surface area contributed by atoms with Gasteiger partial charge in [-0.3, -0.25) is 4.79 Å². The van der Waals surface area contributed by atoms with Crippen molar-refractivity contribution in [3.05, 3.63) is 77.6 Å². The number of methoxy groups -OCH3 is 2. The van der Waals surface area contributed by atoms with Crippen LogP contribution in [0, 0.1) is 0 Å². The standard InChI is InChI=1S/C19H18O3/c1-21-15-10-8-14(9-11-15)19-17(22-2)12-16(20)18(19)13-6-4-3-5-7-13/h3-12,18-19H,1-2H3/t18-,19-/m1/s1. The van der Waals surface area contributed by atoms with Crippen LogP contribution in [0.1, 0.15) is 23.0 Å². The van der Waals surface area contributed by atoms with Gasteiger partial charge < -0.3 is 9.47 Å². The van der Waals surface area contributed by atoms with E-state index in [0.29, 0.717) is 5.76 Å². The maximum absolute atomic E-state index is 12.5. The molecule has 3 heteroatoms. The van der Waals surface area contributed by atoms with Gasteiger partial charge in [-0.25, -0.2) is 0 Å². The normalized spacial score (nSPS) is 20.6. The van der Waals surface area contributed by atoms with Crippen molar-refractivity contribution in [3.63, 3.8) is 0 Å². The molecule has 22 heavy (non-hydrogen) atoms. The van der Waals surface area contributed by atoms with E-state index in [0.717, 1.165) is 16.9 Å². The number of benzene rings is 2. The van der Waals surface area contributed by atoms with Gasteiger partial charge in [0.05, 0.1) is 26.1 Å². The van der Waals surface area contributed by atoms with Gasteiger partial charge in [-0.1, -0.05) is 42.5 Å². The molecule has 0 bridgehead atoms. The van der Waals surface area contributed by atoms with E-state index in [1.54, 1.807) is 20.3 Å². The van der Waals surface area contributed by atoms with Crippen molar-refractivity contribution >= 4 is 5.78 Å². The summed E-state index contributed by atoms with van der Waals surface area (Å²) in [6, 6.07) is 17.7. The molecule has 0 fully saturated rings. The number of rotatable bonds is 4. The number of ether oxygens (including phenoxy) is 2. The average Bonchev–Trinajstić information content (AvgIpc) is 2.92. The van der Waals surface area contributed by atoms with Crippen LogP contribution in [0.5, 0.6) is 5.75 Å². The summed E-state index contributed by atoms with van der Waals surface area (Å²) in [6.45, 7) is 0. The van der Waals surface area contributed by atoms with Crippen molar-refractivity contribution in [2.75, 3.05) is 14.2 Å². The first-order chi connectivity index (χ1) is 10.7. The molecule has 0 amide bonds. The summed E-state index contributed by atoms with van der Waals surface area (Å²) in [6.07, 6.45) is 1.62. The van der Waals surface area contributed by atoms with E-state index in [-0.39, 0.29) is 17.6 Å². The lowest BCUT2D eigenvalue weighted by Crippen LogP contribution is -2.14. The van der Waals surface area contributed by atoms with Crippen LogP contribution in [0.2, 0.25) is 0 Å². The fourth-order valence-corrected chi connectivity index (χ4v) is 3.02. The Bertz CT molecular complexity index is 686. The minimum Gasteiger partial charge on any atom is -0.500 e. The van der Waals surface area contributed by atoms with Crippen molar-refractivity contribution in [2.45, 2.75) is 11.8 Å². The van der Waals surface area contributed by atoms with Gasteiger partial charge in [0, 0.05) is 6.08 Å². The lowest BCUT2D eigenvalue weighted by atomic mass is 9.82. The van der Waals surface area contributed by atoms with E-state index in [9.17, 15) is 4.79 Å². The zero-order chi connectivity index (χ0) is 15.5. The highest BCUT2D eigenvalue weighted by molar-refractivity contribution is 6.00. The van der Waals surface area contributed by atoms with E-state index in [1.165, 1.54) is 0 Å². The summed E-state index contributed by atoms with van der Waals surface area (Å²) in [4.78, 5) is 12.5. The van der Waals surface area contributed by atoms with Crippen molar-refractivity contribution in [1.29, 1.82) is 0 Å². The van der Waals surface area contributed by atoms with Crippen LogP contribution in [0.15, 0.2) is 66.4 Å². The van der Waals surface area contributed by atoms with Crippen molar-refractivity contribution in [1.82, 2.24) is 0 Å². The van der Waals surface area contributed by atoms with Crippen LogP contribution in [0.4, 0.5) is 0 Å². The van der Waals surface area contributed by atoms with Crippen LogP contribution >= 0.6 is 0 Å². The van der Waals surface area contributed by atoms with Gasteiger partial charge in [0.2, 0.25) is 0 Å². The Morgan fingerprint density at radius 2 is 1.41 bits per heavy atom. The fraction of sp³-hybridized carbons (Fsp3) is 0.211. The topological polar surface area (TPSA) is 35.5 Å². The highest BCUT2D eigenvalue weighted by Gasteiger charge is 2.39. The lowest BCUT2D eigenvalue weighted by Gasteiger charge is -2.22. The van der Waals surface area contributed by atoms with Gasteiger partial charge >= 0.3 is 0 Å².